The summed E-state index contributed by atoms with van der Waals surface area (Å²) in [5.74, 6) is 1.02. The molecule has 0 aromatic carbocycles. The van der Waals surface area contributed by atoms with E-state index in [9.17, 15) is 10.0 Å². The molecule has 2 fully saturated rings. The van der Waals surface area contributed by atoms with E-state index in [1.807, 2.05) is 13.8 Å². The number of carbonyl (C=O) groups excluding carboxylic acids is 1. The van der Waals surface area contributed by atoms with E-state index in [0.29, 0.717) is 24.0 Å². The molecule has 2 heterocycles. The SMILES string of the molecule is CCCCCCOC[C@H]1[C@@H](CCCCCC(C)(C)C(=O)N(C)O)[C@H]2CC[C@@H]1O2. The lowest BCUT2D eigenvalue weighted by Crippen LogP contribution is -2.36. The maximum atomic E-state index is 12.0. The summed E-state index contributed by atoms with van der Waals surface area (Å²) in [6.45, 7) is 7.83. The van der Waals surface area contributed by atoms with E-state index in [2.05, 4.69) is 6.92 Å². The highest BCUT2D eigenvalue weighted by molar-refractivity contribution is 5.80. The molecule has 0 saturated carbocycles. The number of amides is 1. The Morgan fingerprint density at radius 1 is 1.07 bits per heavy atom. The monoisotopic (exact) mass is 397 g/mol. The van der Waals surface area contributed by atoms with E-state index >= 15 is 0 Å². The van der Waals surface area contributed by atoms with Crippen LogP contribution in [0.15, 0.2) is 0 Å². The Morgan fingerprint density at radius 3 is 2.43 bits per heavy atom. The molecule has 1 N–H and O–H groups in total. The van der Waals surface area contributed by atoms with Gasteiger partial charge in [-0.25, -0.2) is 5.06 Å². The molecule has 164 valence electrons. The van der Waals surface area contributed by atoms with Gasteiger partial charge in [0.05, 0.1) is 18.8 Å². The third-order valence-corrected chi connectivity index (χ3v) is 6.75. The Hall–Kier alpha value is -0.650. The van der Waals surface area contributed by atoms with Gasteiger partial charge in [0.1, 0.15) is 0 Å². The standard InChI is InChI=1S/C23H43NO4/c1-5-6-7-11-16-27-17-19-18(20-13-14-21(19)28-20)12-9-8-10-15-23(2,3)22(25)24(4)26/h18-21,26H,5-17H2,1-4H3/t18-,19+,20-,21+/m1/s1. The summed E-state index contributed by atoms with van der Waals surface area (Å²) in [6.07, 6.45) is 13.7. The van der Waals surface area contributed by atoms with Crippen molar-refractivity contribution in [1.29, 1.82) is 0 Å². The van der Waals surface area contributed by atoms with Gasteiger partial charge in [0.2, 0.25) is 0 Å². The van der Waals surface area contributed by atoms with Crippen LogP contribution in [0.4, 0.5) is 0 Å². The highest BCUT2D eigenvalue weighted by Crippen LogP contribution is 2.45. The first-order chi connectivity index (χ1) is 13.4. The molecular formula is C23H43NO4. The predicted octanol–water partition coefficient (Wildman–Crippen LogP) is 5.20. The zero-order chi connectivity index (χ0) is 20.6. The van der Waals surface area contributed by atoms with Crippen molar-refractivity contribution in [2.45, 2.75) is 104 Å². The molecule has 0 unspecified atom stereocenters. The smallest absolute Gasteiger partial charge is 0.251 e. The summed E-state index contributed by atoms with van der Waals surface area (Å²) in [5, 5.41) is 10.1. The zero-order valence-electron chi connectivity index (χ0n) is 18.6. The van der Waals surface area contributed by atoms with Crippen molar-refractivity contribution in [3.05, 3.63) is 0 Å². The number of hydroxylamine groups is 2. The summed E-state index contributed by atoms with van der Waals surface area (Å²) in [6, 6.07) is 0. The van der Waals surface area contributed by atoms with Gasteiger partial charge in [-0.3, -0.25) is 10.0 Å². The van der Waals surface area contributed by atoms with Crippen molar-refractivity contribution in [1.82, 2.24) is 5.06 Å². The molecule has 1 amide bonds. The first-order valence-electron chi connectivity index (χ1n) is 11.6. The van der Waals surface area contributed by atoms with Crippen molar-refractivity contribution in [3.63, 3.8) is 0 Å². The zero-order valence-corrected chi connectivity index (χ0v) is 18.6. The van der Waals surface area contributed by atoms with Gasteiger partial charge in [-0.15, -0.1) is 0 Å². The molecule has 0 spiro atoms. The fraction of sp³-hybridized carbons (Fsp3) is 0.957. The molecular weight excluding hydrogens is 354 g/mol. The molecule has 2 rings (SSSR count). The van der Waals surface area contributed by atoms with Crippen LogP contribution in [0, 0.1) is 17.3 Å². The Morgan fingerprint density at radius 2 is 1.75 bits per heavy atom. The number of unbranched alkanes of at least 4 members (excludes halogenated alkanes) is 5. The van der Waals surface area contributed by atoms with Gasteiger partial charge in [-0.1, -0.05) is 59.3 Å². The number of rotatable bonds is 14. The van der Waals surface area contributed by atoms with E-state index in [1.54, 1.807) is 0 Å². The van der Waals surface area contributed by atoms with E-state index in [-0.39, 0.29) is 5.91 Å². The van der Waals surface area contributed by atoms with Gasteiger partial charge < -0.3 is 9.47 Å². The predicted molar refractivity (Wildman–Crippen MR) is 111 cm³/mol. The molecule has 4 atom stereocenters. The molecule has 0 radical (unpaired) electrons. The minimum absolute atomic E-state index is 0.204. The van der Waals surface area contributed by atoms with Crippen LogP contribution >= 0.6 is 0 Å². The molecule has 0 aliphatic carbocycles. The molecule has 0 aromatic heterocycles. The van der Waals surface area contributed by atoms with Crippen LogP contribution in [-0.4, -0.2) is 48.6 Å². The average Bonchev–Trinajstić information content (AvgIpc) is 3.25. The molecule has 28 heavy (non-hydrogen) atoms. The first kappa shape index (κ1) is 23.6. The quantitative estimate of drug-likeness (QED) is 0.249. The molecule has 0 aromatic rings. The molecule has 2 aliphatic rings. The van der Waals surface area contributed by atoms with Crippen molar-refractivity contribution in [2.75, 3.05) is 20.3 Å². The summed E-state index contributed by atoms with van der Waals surface area (Å²) in [4.78, 5) is 12.0. The Kier molecular flexibility index (Phi) is 9.72. The lowest BCUT2D eigenvalue weighted by molar-refractivity contribution is -0.169. The Balaban J connectivity index is 1.65. The molecule has 2 aliphatic heterocycles. The fourth-order valence-corrected chi connectivity index (χ4v) is 5.02. The summed E-state index contributed by atoms with van der Waals surface area (Å²) < 4.78 is 12.2. The lowest BCUT2D eigenvalue weighted by atomic mass is 9.77. The molecule has 5 heteroatoms. The normalized spacial score (nSPS) is 26.8. The largest absolute Gasteiger partial charge is 0.381 e. The van der Waals surface area contributed by atoms with Crippen molar-refractivity contribution < 1.29 is 19.5 Å². The van der Waals surface area contributed by atoms with Crippen LogP contribution in [0.3, 0.4) is 0 Å². The second-order valence-corrected chi connectivity index (χ2v) is 9.57. The van der Waals surface area contributed by atoms with Crippen LogP contribution in [-0.2, 0) is 14.3 Å². The second kappa shape index (κ2) is 11.5. The van der Waals surface area contributed by atoms with E-state index in [1.165, 1.54) is 58.4 Å². The molecule has 2 saturated heterocycles. The maximum absolute atomic E-state index is 12.0. The first-order valence-corrected chi connectivity index (χ1v) is 11.6. The Labute approximate surface area is 172 Å². The van der Waals surface area contributed by atoms with Gasteiger partial charge in [0.25, 0.3) is 5.91 Å². The Bertz CT molecular complexity index is 466. The van der Waals surface area contributed by atoms with Gasteiger partial charge in [-0.2, -0.15) is 0 Å². The summed E-state index contributed by atoms with van der Waals surface area (Å²) in [7, 11) is 1.41. The van der Waals surface area contributed by atoms with E-state index < -0.39 is 5.41 Å². The number of nitrogens with zero attached hydrogens (tertiary/aromatic N) is 1. The van der Waals surface area contributed by atoms with Crippen molar-refractivity contribution in [2.24, 2.45) is 17.3 Å². The minimum atomic E-state index is -0.493. The summed E-state index contributed by atoms with van der Waals surface area (Å²) >= 11 is 0. The van der Waals surface area contributed by atoms with Crippen LogP contribution < -0.4 is 0 Å². The highest BCUT2D eigenvalue weighted by atomic mass is 16.5. The summed E-state index contributed by atoms with van der Waals surface area (Å²) in [5.41, 5.74) is -0.493. The lowest BCUT2D eigenvalue weighted by Gasteiger charge is -2.28. The van der Waals surface area contributed by atoms with Crippen molar-refractivity contribution >= 4 is 5.91 Å². The van der Waals surface area contributed by atoms with Crippen LogP contribution in [0.25, 0.3) is 0 Å². The third kappa shape index (κ3) is 6.70. The van der Waals surface area contributed by atoms with Gasteiger partial charge in [0.15, 0.2) is 0 Å². The van der Waals surface area contributed by atoms with Crippen LogP contribution in [0.1, 0.15) is 91.4 Å². The number of hydrogen-bond acceptors (Lipinski definition) is 4. The number of fused-ring (bicyclic) bond motifs is 2. The van der Waals surface area contributed by atoms with Gasteiger partial charge >= 0.3 is 0 Å². The minimum Gasteiger partial charge on any atom is -0.381 e. The highest BCUT2D eigenvalue weighted by Gasteiger charge is 2.48. The van der Waals surface area contributed by atoms with E-state index in [0.717, 1.165) is 37.5 Å². The average molecular weight is 398 g/mol. The van der Waals surface area contributed by atoms with E-state index in [4.69, 9.17) is 9.47 Å². The number of hydrogen-bond donors (Lipinski definition) is 1. The van der Waals surface area contributed by atoms with Crippen LogP contribution in [0.2, 0.25) is 0 Å². The topological polar surface area (TPSA) is 59.0 Å². The number of carbonyl (C=O) groups is 1. The third-order valence-electron chi connectivity index (χ3n) is 6.75. The van der Waals surface area contributed by atoms with Gasteiger partial charge in [-0.05, 0) is 38.0 Å². The second-order valence-electron chi connectivity index (χ2n) is 9.57. The van der Waals surface area contributed by atoms with Gasteiger partial charge in [0, 0.05) is 25.0 Å². The number of ether oxygens (including phenoxy) is 2. The maximum Gasteiger partial charge on any atom is 0.251 e. The van der Waals surface area contributed by atoms with Crippen molar-refractivity contribution in [3.8, 4) is 0 Å². The van der Waals surface area contributed by atoms with Crippen LogP contribution in [0.5, 0.6) is 0 Å². The molecule has 5 nitrogen and oxygen atoms in total. The molecule has 2 bridgehead atoms. The fourth-order valence-electron chi connectivity index (χ4n) is 5.02.